The molecule has 138 valence electrons. The summed E-state index contributed by atoms with van der Waals surface area (Å²) in [6.07, 6.45) is 3.65. The zero-order chi connectivity index (χ0) is 16.3. The highest BCUT2D eigenvalue weighted by Crippen LogP contribution is 2.11. The summed E-state index contributed by atoms with van der Waals surface area (Å²) < 4.78 is 5.10. The minimum atomic E-state index is 0. The molecule has 1 saturated heterocycles. The number of methoxy groups -OCH3 is 1. The summed E-state index contributed by atoms with van der Waals surface area (Å²) in [6, 6.07) is 4.75. The fourth-order valence-corrected chi connectivity index (χ4v) is 3.34. The number of likely N-dealkylation sites (tertiary alicyclic amines) is 1. The quantitative estimate of drug-likeness (QED) is 0.254. The van der Waals surface area contributed by atoms with Crippen LogP contribution < -0.4 is 10.6 Å². The van der Waals surface area contributed by atoms with E-state index in [9.17, 15) is 0 Å². The molecule has 0 amide bonds. The van der Waals surface area contributed by atoms with Crippen molar-refractivity contribution in [3.63, 3.8) is 0 Å². The van der Waals surface area contributed by atoms with E-state index in [4.69, 9.17) is 9.73 Å². The van der Waals surface area contributed by atoms with E-state index in [0.717, 1.165) is 38.6 Å². The van der Waals surface area contributed by atoms with E-state index in [0.29, 0.717) is 6.04 Å². The molecule has 1 aliphatic heterocycles. The van der Waals surface area contributed by atoms with Gasteiger partial charge in [0.05, 0.1) is 6.54 Å². The third-order valence-electron chi connectivity index (χ3n) is 4.12. The van der Waals surface area contributed by atoms with Crippen LogP contribution in [0.3, 0.4) is 0 Å². The number of nitrogens with zero attached hydrogens (tertiary/aromatic N) is 2. The van der Waals surface area contributed by atoms with Crippen LogP contribution in [-0.2, 0) is 11.3 Å². The molecule has 1 unspecified atom stereocenters. The molecule has 1 aliphatic rings. The Morgan fingerprint density at radius 1 is 1.38 bits per heavy atom. The molecular formula is C17H31IN4OS. The Labute approximate surface area is 167 Å². The Hall–Kier alpha value is -0.380. The van der Waals surface area contributed by atoms with Gasteiger partial charge in [0.1, 0.15) is 0 Å². The summed E-state index contributed by atoms with van der Waals surface area (Å²) in [4.78, 5) is 8.55. The van der Waals surface area contributed by atoms with Crippen LogP contribution in [0.5, 0.6) is 0 Å². The largest absolute Gasteiger partial charge is 0.385 e. The summed E-state index contributed by atoms with van der Waals surface area (Å²) in [5, 5.41) is 9.00. The Balaban J connectivity index is 0.00000288. The lowest BCUT2D eigenvalue weighted by Gasteiger charge is -2.25. The van der Waals surface area contributed by atoms with Crippen molar-refractivity contribution in [1.82, 2.24) is 15.5 Å². The van der Waals surface area contributed by atoms with Gasteiger partial charge in [0, 0.05) is 37.7 Å². The lowest BCUT2D eigenvalue weighted by molar-refractivity contribution is 0.195. The predicted octanol–water partition coefficient (Wildman–Crippen LogP) is 2.92. The van der Waals surface area contributed by atoms with Gasteiger partial charge in [-0.25, -0.2) is 4.99 Å². The Bertz CT molecular complexity index is 449. The van der Waals surface area contributed by atoms with Gasteiger partial charge >= 0.3 is 0 Å². The van der Waals surface area contributed by atoms with Gasteiger partial charge in [0.15, 0.2) is 5.96 Å². The number of ether oxygens (including phenoxy) is 1. The molecule has 0 bridgehead atoms. The van der Waals surface area contributed by atoms with Crippen LogP contribution in [0.15, 0.2) is 22.5 Å². The first kappa shape index (κ1) is 21.7. The fraction of sp³-hybridized carbons (Fsp3) is 0.706. The maximum atomic E-state index is 5.10. The fourth-order valence-electron chi connectivity index (χ4n) is 2.71. The van der Waals surface area contributed by atoms with Gasteiger partial charge in [0.25, 0.3) is 0 Å². The molecule has 0 spiro atoms. The molecule has 0 aromatic carbocycles. The summed E-state index contributed by atoms with van der Waals surface area (Å²) >= 11 is 1.75. The topological polar surface area (TPSA) is 48.9 Å². The minimum absolute atomic E-state index is 0. The number of aliphatic imine (C=N–C) groups is 1. The van der Waals surface area contributed by atoms with Crippen molar-refractivity contribution >= 4 is 41.3 Å². The highest BCUT2D eigenvalue weighted by Gasteiger charge is 2.17. The maximum absolute atomic E-state index is 5.10. The lowest BCUT2D eigenvalue weighted by Crippen LogP contribution is -2.45. The number of guanidine groups is 1. The van der Waals surface area contributed by atoms with E-state index in [-0.39, 0.29) is 24.0 Å². The molecule has 1 aromatic rings. The summed E-state index contributed by atoms with van der Waals surface area (Å²) in [5.74, 6) is 0.903. The molecule has 1 aromatic heterocycles. The van der Waals surface area contributed by atoms with Crippen LogP contribution in [0.2, 0.25) is 0 Å². The van der Waals surface area contributed by atoms with E-state index in [1.54, 1.807) is 18.4 Å². The van der Waals surface area contributed by atoms with Gasteiger partial charge < -0.3 is 15.4 Å². The van der Waals surface area contributed by atoms with Crippen molar-refractivity contribution in [2.24, 2.45) is 4.99 Å². The zero-order valence-corrected chi connectivity index (χ0v) is 17.9. The summed E-state index contributed by atoms with van der Waals surface area (Å²) in [5.41, 5.74) is 0. The van der Waals surface area contributed by atoms with Gasteiger partial charge in [-0.15, -0.1) is 35.3 Å². The van der Waals surface area contributed by atoms with E-state index in [2.05, 4.69) is 40.0 Å². The van der Waals surface area contributed by atoms with E-state index in [1.807, 2.05) is 0 Å². The highest BCUT2D eigenvalue weighted by molar-refractivity contribution is 14.0. The molecule has 24 heavy (non-hydrogen) atoms. The first-order valence-corrected chi connectivity index (χ1v) is 9.45. The van der Waals surface area contributed by atoms with Crippen molar-refractivity contribution in [1.29, 1.82) is 0 Å². The van der Waals surface area contributed by atoms with E-state index in [1.165, 1.54) is 30.8 Å². The summed E-state index contributed by atoms with van der Waals surface area (Å²) in [7, 11) is 1.74. The molecule has 0 radical (unpaired) electrons. The number of rotatable bonds is 9. The molecule has 7 heteroatoms. The molecule has 5 nitrogen and oxygen atoms in total. The maximum Gasteiger partial charge on any atom is 0.191 e. The van der Waals surface area contributed by atoms with Crippen molar-refractivity contribution in [2.75, 3.05) is 39.9 Å². The van der Waals surface area contributed by atoms with Crippen LogP contribution in [0.4, 0.5) is 0 Å². The first-order valence-electron chi connectivity index (χ1n) is 8.57. The average molecular weight is 466 g/mol. The number of hydrogen-bond donors (Lipinski definition) is 2. The smallest absolute Gasteiger partial charge is 0.191 e. The number of thiophene rings is 1. The zero-order valence-electron chi connectivity index (χ0n) is 14.8. The lowest BCUT2D eigenvalue weighted by atomic mass is 10.3. The summed E-state index contributed by atoms with van der Waals surface area (Å²) in [6.45, 7) is 8.06. The average Bonchev–Trinajstić information content (AvgIpc) is 3.26. The van der Waals surface area contributed by atoms with Crippen molar-refractivity contribution in [3.05, 3.63) is 22.4 Å². The second kappa shape index (κ2) is 12.9. The van der Waals surface area contributed by atoms with Crippen LogP contribution in [-0.4, -0.2) is 56.8 Å². The van der Waals surface area contributed by atoms with Gasteiger partial charge in [-0.3, -0.25) is 4.90 Å². The molecule has 1 fully saturated rings. The normalized spacial score (nSPS) is 16.7. The van der Waals surface area contributed by atoms with Crippen LogP contribution in [0, 0.1) is 0 Å². The number of hydrogen-bond acceptors (Lipinski definition) is 4. The van der Waals surface area contributed by atoms with Gasteiger partial charge in [0.2, 0.25) is 0 Å². The van der Waals surface area contributed by atoms with Crippen LogP contribution in [0.25, 0.3) is 0 Å². The molecule has 0 aliphatic carbocycles. The first-order chi connectivity index (χ1) is 11.3. The minimum Gasteiger partial charge on any atom is -0.385 e. The molecule has 2 N–H and O–H groups in total. The Kier molecular flexibility index (Phi) is 11.7. The van der Waals surface area contributed by atoms with E-state index < -0.39 is 0 Å². The van der Waals surface area contributed by atoms with Crippen LogP contribution >= 0.6 is 35.3 Å². The number of nitrogens with one attached hydrogen (secondary N) is 2. The molecule has 0 saturated carbocycles. The Morgan fingerprint density at radius 2 is 2.17 bits per heavy atom. The SMILES string of the molecule is COCCCNC(=NCc1cccs1)NCC(C)N1CCCC1.I. The second-order valence-electron chi connectivity index (χ2n) is 5.99. The highest BCUT2D eigenvalue weighted by atomic mass is 127. The third-order valence-corrected chi connectivity index (χ3v) is 4.98. The van der Waals surface area contributed by atoms with Crippen molar-refractivity contribution in [3.8, 4) is 0 Å². The van der Waals surface area contributed by atoms with Gasteiger partial charge in [-0.1, -0.05) is 6.07 Å². The van der Waals surface area contributed by atoms with Crippen molar-refractivity contribution in [2.45, 2.75) is 38.8 Å². The van der Waals surface area contributed by atoms with Crippen LogP contribution in [0.1, 0.15) is 31.1 Å². The van der Waals surface area contributed by atoms with E-state index >= 15 is 0 Å². The molecule has 1 atom stereocenters. The Morgan fingerprint density at radius 3 is 2.83 bits per heavy atom. The molecular weight excluding hydrogens is 435 g/mol. The third kappa shape index (κ3) is 8.13. The van der Waals surface area contributed by atoms with Gasteiger partial charge in [-0.05, 0) is 50.7 Å². The van der Waals surface area contributed by atoms with Gasteiger partial charge in [-0.2, -0.15) is 0 Å². The predicted molar refractivity (Wildman–Crippen MR) is 114 cm³/mol. The monoisotopic (exact) mass is 466 g/mol. The second-order valence-corrected chi connectivity index (χ2v) is 7.02. The standard InChI is InChI=1S/C17H30N4OS.HI/c1-15(21-9-3-4-10-21)13-19-17(18-8-6-11-22-2)20-14-16-7-5-12-23-16;/h5,7,12,15H,3-4,6,8-11,13-14H2,1-2H3,(H2,18,19,20);1H. The van der Waals surface area contributed by atoms with Crippen molar-refractivity contribution < 1.29 is 4.74 Å². The number of halogens is 1. The molecule has 2 rings (SSSR count). The molecule has 2 heterocycles.